The molecule has 6 heteroatoms. The number of carbonyl (C=O) groups is 1. The molecule has 2 fully saturated rings. The Balaban J connectivity index is 1.10. The topological polar surface area (TPSA) is 44.6 Å². The Labute approximate surface area is 191 Å². The van der Waals surface area contributed by atoms with Gasteiger partial charge in [-0.05, 0) is 62.9 Å². The van der Waals surface area contributed by atoms with Crippen LogP contribution in [0.4, 0.5) is 0 Å². The van der Waals surface area contributed by atoms with Crippen molar-refractivity contribution in [3.63, 3.8) is 0 Å². The number of piperidine rings is 2. The summed E-state index contributed by atoms with van der Waals surface area (Å²) in [5.74, 6) is 0.302. The van der Waals surface area contributed by atoms with Gasteiger partial charge in [0, 0.05) is 44.0 Å². The van der Waals surface area contributed by atoms with E-state index in [4.69, 9.17) is 0 Å². The molecule has 170 valence electrons. The Bertz CT molecular complexity index is 923. The number of hydrogen-bond acceptors (Lipinski definition) is 4. The lowest BCUT2D eigenvalue weighted by atomic mass is 9.99. The molecule has 3 aliphatic heterocycles. The van der Waals surface area contributed by atoms with E-state index in [1.54, 1.807) is 0 Å². The van der Waals surface area contributed by atoms with E-state index in [2.05, 4.69) is 44.2 Å². The molecule has 0 aliphatic carbocycles. The van der Waals surface area contributed by atoms with E-state index in [0.29, 0.717) is 18.5 Å². The summed E-state index contributed by atoms with van der Waals surface area (Å²) >= 11 is 0. The van der Waals surface area contributed by atoms with Crippen LogP contribution in [0.15, 0.2) is 48.8 Å². The molecule has 2 saturated heterocycles. The summed E-state index contributed by atoms with van der Waals surface area (Å²) in [7, 11) is 0. The minimum Gasteiger partial charge on any atom is -0.341 e. The molecule has 1 amide bonds. The maximum atomic E-state index is 12.9. The predicted octanol–water partition coefficient (Wildman–Crippen LogP) is 3.44. The van der Waals surface area contributed by atoms with E-state index in [0.717, 1.165) is 51.1 Å². The van der Waals surface area contributed by atoms with E-state index < -0.39 is 0 Å². The van der Waals surface area contributed by atoms with Crippen molar-refractivity contribution in [2.75, 3.05) is 45.8 Å². The second-order valence-electron chi connectivity index (χ2n) is 9.43. The molecule has 5 rings (SSSR count). The van der Waals surface area contributed by atoms with Gasteiger partial charge in [0.25, 0.3) is 0 Å². The first-order valence-electron chi connectivity index (χ1n) is 12.3. The highest BCUT2D eigenvalue weighted by Crippen LogP contribution is 2.24. The summed E-state index contributed by atoms with van der Waals surface area (Å²) < 4.78 is 1.93. The molecule has 1 aromatic heterocycles. The molecule has 4 heterocycles. The lowest BCUT2D eigenvalue weighted by Crippen LogP contribution is -2.50. The molecule has 2 aromatic rings. The minimum absolute atomic E-state index is 0.302. The standard InChI is InChI=1S/C26H35N5O/c32-26(30-17-11-24(12-18-30)29-13-5-2-6-14-29)21-28-15-9-22(10-16-28)23-19-27-31(20-23)25-7-3-1-4-8-25/h1,3-4,7-9,19-20,24H,2,5-6,10-18,21H2. The van der Waals surface area contributed by atoms with Gasteiger partial charge < -0.3 is 9.80 Å². The number of nitrogens with zero attached hydrogens (tertiary/aromatic N) is 5. The summed E-state index contributed by atoms with van der Waals surface area (Å²) in [6.45, 7) is 6.67. The molecular weight excluding hydrogens is 398 g/mol. The Kier molecular flexibility index (Phi) is 6.69. The third kappa shape index (κ3) is 4.97. The maximum Gasteiger partial charge on any atom is 0.236 e. The normalized spacial score (nSPS) is 21.5. The molecule has 0 atom stereocenters. The van der Waals surface area contributed by atoms with E-state index in [1.165, 1.54) is 43.5 Å². The highest BCUT2D eigenvalue weighted by molar-refractivity contribution is 5.78. The van der Waals surface area contributed by atoms with Gasteiger partial charge in [0.15, 0.2) is 0 Å². The number of amides is 1. The van der Waals surface area contributed by atoms with E-state index >= 15 is 0 Å². The number of likely N-dealkylation sites (tertiary alicyclic amines) is 2. The van der Waals surface area contributed by atoms with Crippen molar-refractivity contribution in [2.24, 2.45) is 0 Å². The van der Waals surface area contributed by atoms with Crippen LogP contribution in [0.1, 0.15) is 44.1 Å². The smallest absolute Gasteiger partial charge is 0.236 e. The molecule has 0 saturated carbocycles. The number of para-hydroxylation sites is 1. The fraction of sp³-hybridized carbons (Fsp3) is 0.538. The molecule has 32 heavy (non-hydrogen) atoms. The zero-order chi connectivity index (χ0) is 21.8. The van der Waals surface area contributed by atoms with Crippen LogP contribution in [0, 0.1) is 0 Å². The fourth-order valence-corrected chi connectivity index (χ4v) is 5.38. The highest BCUT2D eigenvalue weighted by Gasteiger charge is 2.28. The van der Waals surface area contributed by atoms with Crippen molar-refractivity contribution in [2.45, 2.75) is 44.6 Å². The minimum atomic E-state index is 0.302. The second kappa shape index (κ2) is 10.0. The average Bonchev–Trinajstić information content (AvgIpc) is 3.36. The zero-order valence-electron chi connectivity index (χ0n) is 19.0. The Morgan fingerprint density at radius 2 is 1.75 bits per heavy atom. The molecule has 0 unspecified atom stereocenters. The molecule has 0 bridgehead atoms. The van der Waals surface area contributed by atoms with Gasteiger partial charge in [0.1, 0.15) is 0 Å². The SMILES string of the molecule is O=C(CN1CC=C(c2cnn(-c3ccccc3)c2)CC1)N1CCC(N2CCCCC2)CC1. The van der Waals surface area contributed by atoms with Crippen molar-refractivity contribution in [1.82, 2.24) is 24.5 Å². The second-order valence-corrected chi connectivity index (χ2v) is 9.43. The molecule has 1 aromatic carbocycles. The average molecular weight is 434 g/mol. The zero-order valence-corrected chi connectivity index (χ0v) is 19.0. The Morgan fingerprint density at radius 1 is 0.969 bits per heavy atom. The molecular formula is C26H35N5O. The van der Waals surface area contributed by atoms with Crippen molar-refractivity contribution in [3.8, 4) is 5.69 Å². The Morgan fingerprint density at radius 3 is 2.47 bits per heavy atom. The summed E-state index contributed by atoms with van der Waals surface area (Å²) in [4.78, 5) is 19.9. The summed E-state index contributed by atoms with van der Waals surface area (Å²) in [6, 6.07) is 10.9. The maximum absolute atomic E-state index is 12.9. The highest BCUT2D eigenvalue weighted by atomic mass is 16.2. The number of carbonyl (C=O) groups excluding carboxylic acids is 1. The van der Waals surface area contributed by atoms with Crippen LogP contribution < -0.4 is 0 Å². The number of benzene rings is 1. The summed E-state index contributed by atoms with van der Waals surface area (Å²) in [5.41, 5.74) is 3.59. The monoisotopic (exact) mass is 433 g/mol. The van der Waals surface area contributed by atoms with Crippen LogP contribution in [-0.2, 0) is 4.79 Å². The summed E-state index contributed by atoms with van der Waals surface area (Å²) in [5, 5.41) is 4.53. The van der Waals surface area contributed by atoms with Crippen LogP contribution in [0.5, 0.6) is 0 Å². The molecule has 0 spiro atoms. The molecule has 3 aliphatic rings. The van der Waals surface area contributed by atoms with Crippen LogP contribution >= 0.6 is 0 Å². The largest absolute Gasteiger partial charge is 0.341 e. The van der Waals surface area contributed by atoms with Gasteiger partial charge in [-0.15, -0.1) is 0 Å². The first-order chi connectivity index (χ1) is 15.8. The molecule has 0 N–H and O–H groups in total. The van der Waals surface area contributed by atoms with Crippen molar-refractivity contribution < 1.29 is 4.79 Å². The third-order valence-electron chi connectivity index (χ3n) is 7.35. The third-order valence-corrected chi connectivity index (χ3v) is 7.35. The molecule has 0 radical (unpaired) electrons. The predicted molar refractivity (Wildman–Crippen MR) is 128 cm³/mol. The van der Waals surface area contributed by atoms with E-state index in [1.807, 2.05) is 29.1 Å². The van der Waals surface area contributed by atoms with Gasteiger partial charge >= 0.3 is 0 Å². The van der Waals surface area contributed by atoms with Crippen LogP contribution in [0.2, 0.25) is 0 Å². The van der Waals surface area contributed by atoms with Gasteiger partial charge in [-0.25, -0.2) is 4.68 Å². The van der Waals surface area contributed by atoms with E-state index in [9.17, 15) is 4.79 Å². The first-order valence-corrected chi connectivity index (χ1v) is 12.3. The lowest BCUT2D eigenvalue weighted by Gasteiger charge is -2.40. The van der Waals surface area contributed by atoms with Crippen LogP contribution in [0.25, 0.3) is 11.3 Å². The van der Waals surface area contributed by atoms with Crippen LogP contribution in [-0.4, -0.2) is 82.2 Å². The van der Waals surface area contributed by atoms with E-state index in [-0.39, 0.29) is 0 Å². The van der Waals surface area contributed by atoms with Crippen molar-refractivity contribution in [3.05, 3.63) is 54.4 Å². The van der Waals surface area contributed by atoms with Gasteiger partial charge in [-0.2, -0.15) is 5.10 Å². The van der Waals surface area contributed by atoms with Gasteiger partial charge in [-0.1, -0.05) is 30.7 Å². The first kappa shape index (κ1) is 21.4. The van der Waals surface area contributed by atoms with Gasteiger partial charge in [0.05, 0.1) is 18.4 Å². The van der Waals surface area contributed by atoms with Gasteiger partial charge in [-0.3, -0.25) is 9.69 Å². The van der Waals surface area contributed by atoms with Gasteiger partial charge in [0.2, 0.25) is 5.91 Å². The Hall–Kier alpha value is -2.44. The quantitative estimate of drug-likeness (QED) is 0.725. The number of aromatic nitrogens is 2. The number of rotatable bonds is 5. The number of hydrogen-bond donors (Lipinski definition) is 0. The van der Waals surface area contributed by atoms with Crippen LogP contribution in [0.3, 0.4) is 0 Å². The van der Waals surface area contributed by atoms with Crippen molar-refractivity contribution >= 4 is 11.5 Å². The summed E-state index contributed by atoms with van der Waals surface area (Å²) in [6.07, 6.45) is 13.6. The fourth-order valence-electron chi connectivity index (χ4n) is 5.38. The molecule has 6 nitrogen and oxygen atoms in total. The van der Waals surface area contributed by atoms with Crippen molar-refractivity contribution in [1.29, 1.82) is 0 Å². The lowest BCUT2D eigenvalue weighted by molar-refractivity contribution is -0.134.